The van der Waals surface area contributed by atoms with Crippen molar-refractivity contribution in [3.63, 3.8) is 0 Å². The van der Waals surface area contributed by atoms with Gasteiger partial charge in [0.1, 0.15) is 12.4 Å². The third-order valence-corrected chi connectivity index (χ3v) is 4.82. The minimum absolute atomic E-state index is 0.0694. The van der Waals surface area contributed by atoms with E-state index >= 15 is 0 Å². The number of halogens is 1. The number of ether oxygens (including phenoxy) is 1. The van der Waals surface area contributed by atoms with Crippen LogP contribution in [-0.2, 0) is 27.4 Å². The van der Waals surface area contributed by atoms with Gasteiger partial charge in [-0.25, -0.2) is 4.39 Å². The molecule has 1 aliphatic rings. The Balaban J connectivity index is 1.56. The summed E-state index contributed by atoms with van der Waals surface area (Å²) in [5, 5.41) is 0. The lowest BCUT2D eigenvalue weighted by Crippen LogP contribution is -2.26. The van der Waals surface area contributed by atoms with Crippen LogP contribution in [0.5, 0.6) is 0 Å². The van der Waals surface area contributed by atoms with Crippen LogP contribution in [0.4, 0.5) is 10.1 Å². The van der Waals surface area contributed by atoms with Gasteiger partial charge in [0.15, 0.2) is 0 Å². The molecule has 1 aliphatic heterocycles. The maximum atomic E-state index is 12.9. The number of anilines is 1. The van der Waals surface area contributed by atoms with Crippen molar-refractivity contribution in [3.05, 3.63) is 65.5 Å². The third-order valence-electron chi connectivity index (χ3n) is 4.82. The molecule has 2 aromatic rings. The van der Waals surface area contributed by atoms with Crippen molar-refractivity contribution < 1.29 is 18.7 Å². The number of amides is 1. The van der Waals surface area contributed by atoms with Gasteiger partial charge in [-0.15, -0.1) is 0 Å². The molecule has 1 unspecified atom stereocenters. The van der Waals surface area contributed by atoms with Crippen LogP contribution in [0.3, 0.4) is 0 Å². The molecule has 4 nitrogen and oxygen atoms in total. The van der Waals surface area contributed by atoms with Crippen molar-refractivity contribution in [2.24, 2.45) is 5.92 Å². The summed E-state index contributed by atoms with van der Waals surface area (Å²) in [6.45, 7) is 2.57. The third kappa shape index (κ3) is 4.94. The monoisotopic (exact) mass is 369 g/mol. The molecule has 0 N–H and O–H groups in total. The van der Waals surface area contributed by atoms with Crippen LogP contribution in [0.1, 0.15) is 37.3 Å². The van der Waals surface area contributed by atoms with Gasteiger partial charge in [0.25, 0.3) is 0 Å². The fourth-order valence-corrected chi connectivity index (χ4v) is 3.19. The zero-order valence-electron chi connectivity index (χ0n) is 15.5. The number of benzene rings is 2. The van der Waals surface area contributed by atoms with Gasteiger partial charge in [-0.2, -0.15) is 0 Å². The van der Waals surface area contributed by atoms with Gasteiger partial charge in [0.05, 0.1) is 5.92 Å². The van der Waals surface area contributed by atoms with Gasteiger partial charge in [0, 0.05) is 18.7 Å². The van der Waals surface area contributed by atoms with E-state index in [4.69, 9.17) is 4.74 Å². The highest BCUT2D eigenvalue weighted by molar-refractivity contribution is 5.99. The number of carbonyl (C=O) groups excluding carboxylic acids is 2. The van der Waals surface area contributed by atoms with E-state index in [9.17, 15) is 14.0 Å². The first-order chi connectivity index (χ1) is 13.1. The van der Waals surface area contributed by atoms with E-state index < -0.39 is 11.9 Å². The Bertz CT molecular complexity index is 786. The number of nitrogens with zero attached hydrogens (tertiary/aromatic N) is 1. The largest absolute Gasteiger partial charge is 0.461 e. The quantitative estimate of drug-likeness (QED) is 0.685. The number of rotatable bonds is 7. The molecule has 3 rings (SSSR count). The Labute approximate surface area is 158 Å². The van der Waals surface area contributed by atoms with E-state index in [1.54, 1.807) is 17.0 Å². The molecule has 0 saturated carbocycles. The van der Waals surface area contributed by atoms with Crippen LogP contribution in [0.25, 0.3) is 0 Å². The maximum absolute atomic E-state index is 12.9. The fourth-order valence-electron chi connectivity index (χ4n) is 3.19. The van der Waals surface area contributed by atoms with Gasteiger partial charge in [0.2, 0.25) is 5.91 Å². The molecule has 0 radical (unpaired) electrons. The van der Waals surface area contributed by atoms with Crippen molar-refractivity contribution in [2.45, 2.75) is 39.2 Å². The first-order valence-electron chi connectivity index (χ1n) is 9.37. The first-order valence-corrected chi connectivity index (χ1v) is 9.37. The van der Waals surface area contributed by atoms with Crippen LogP contribution in [0, 0.1) is 11.7 Å². The zero-order valence-corrected chi connectivity index (χ0v) is 15.5. The van der Waals surface area contributed by atoms with Gasteiger partial charge in [-0.1, -0.05) is 37.6 Å². The van der Waals surface area contributed by atoms with Crippen LogP contribution in [0.15, 0.2) is 48.5 Å². The number of unbranched alkanes of at least 4 members (excludes halogenated alkanes) is 1. The summed E-state index contributed by atoms with van der Waals surface area (Å²) in [5.74, 6) is -1.27. The molecule has 1 amide bonds. The van der Waals surface area contributed by atoms with Crippen molar-refractivity contribution in [1.82, 2.24) is 0 Å². The van der Waals surface area contributed by atoms with E-state index in [0.29, 0.717) is 12.1 Å². The maximum Gasteiger partial charge on any atom is 0.311 e. The molecule has 0 aliphatic carbocycles. The van der Waals surface area contributed by atoms with Gasteiger partial charge in [-0.3, -0.25) is 9.59 Å². The Hall–Kier alpha value is -2.69. The summed E-state index contributed by atoms with van der Waals surface area (Å²) < 4.78 is 18.2. The van der Waals surface area contributed by atoms with E-state index in [2.05, 4.69) is 6.92 Å². The Morgan fingerprint density at radius 3 is 2.44 bits per heavy atom. The Morgan fingerprint density at radius 2 is 1.78 bits per heavy atom. The molecule has 0 spiro atoms. The molecule has 0 aromatic heterocycles. The second-order valence-electron chi connectivity index (χ2n) is 6.91. The second-order valence-corrected chi connectivity index (χ2v) is 6.91. The smallest absolute Gasteiger partial charge is 0.311 e. The zero-order chi connectivity index (χ0) is 19.2. The molecule has 1 saturated heterocycles. The molecule has 1 heterocycles. The van der Waals surface area contributed by atoms with Crippen molar-refractivity contribution >= 4 is 17.6 Å². The topological polar surface area (TPSA) is 46.6 Å². The average Bonchev–Trinajstić information content (AvgIpc) is 3.08. The fraction of sp³-hybridized carbons (Fsp3) is 0.364. The van der Waals surface area contributed by atoms with Crippen LogP contribution < -0.4 is 4.90 Å². The highest BCUT2D eigenvalue weighted by Crippen LogP contribution is 2.26. The standard InChI is InChI=1S/C22H24FNO3/c1-2-3-4-16-7-11-20(12-8-16)24-14-18(13-21(24)25)22(26)27-15-17-5-9-19(23)10-6-17/h5-12,18H,2-4,13-15H2,1H3. The van der Waals surface area contributed by atoms with Gasteiger partial charge < -0.3 is 9.64 Å². The van der Waals surface area contributed by atoms with Crippen LogP contribution >= 0.6 is 0 Å². The summed E-state index contributed by atoms with van der Waals surface area (Å²) >= 11 is 0. The summed E-state index contributed by atoms with van der Waals surface area (Å²) in [5.41, 5.74) is 2.78. The molecular weight excluding hydrogens is 345 g/mol. The summed E-state index contributed by atoms with van der Waals surface area (Å²) in [4.78, 5) is 26.3. The molecule has 1 atom stereocenters. The number of hydrogen-bond donors (Lipinski definition) is 0. The number of esters is 1. The Morgan fingerprint density at radius 1 is 1.11 bits per heavy atom. The van der Waals surface area contributed by atoms with Crippen LogP contribution in [-0.4, -0.2) is 18.4 Å². The van der Waals surface area contributed by atoms with E-state index in [1.165, 1.54) is 17.7 Å². The lowest BCUT2D eigenvalue weighted by Gasteiger charge is -2.17. The van der Waals surface area contributed by atoms with E-state index in [1.807, 2.05) is 24.3 Å². The molecular formula is C22H24FNO3. The SMILES string of the molecule is CCCCc1ccc(N2CC(C(=O)OCc3ccc(F)cc3)CC2=O)cc1. The highest BCUT2D eigenvalue weighted by atomic mass is 19.1. The second kappa shape index (κ2) is 8.80. The Kier molecular flexibility index (Phi) is 6.22. The highest BCUT2D eigenvalue weighted by Gasteiger charge is 2.36. The molecule has 0 bridgehead atoms. The predicted molar refractivity (Wildman–Crippen MR) is 102 cm³/mol. The molecule has 142 valence electrons. The van der Waals surface area contributed by atoms with Crippen molar-refractivity contribution in [3.8, 4) is 0 Å². The molecule has 2 aromatic carbocycles. The first kappa shape index (κ1) is 19.1. The minimum atomic E-state index is -0.474. The predicted octanol–water partition coefficient (Wildman–Crippen LogP) is 4.26. The summed E-state index contributed by atoms with van der Waals surface area (Å²) in [6, 6.07) is 13.8. The van der Waals surface area contributed by atoms with Crippen molar-refractivity contribution in [1.29, 1.82) is 0 Å². The molecule has 5 heteroatoms. The summed E-state index contributed by atoms with van der Waals surface area (Å²) in [6.07, 6.45) is 3.47. The van der Waals surface area contributed by atoms with Gasteiger partial charge >= 0.3 is 5.97 Å². The summed E-state index contributed by atoms with van der Waals surface area (Å²) in [7, 11) is 0. The van der Waals surface area contributed by atoms with E-state index in [-0.39, 0.29) is 24.8 Å². The van der Waals surface area contributed by atoms with Crippen LogP contribution in [0.2, 0.25) is 0 Å². The normalized spacial score (nSPS) is 16.6. The lowest BCUT2D eigenvalue weighted by molar-refractivity contribution is -0.149. The molecule has 1 fully saturated rings. The lowest BCUT2D eigenvalue weighted by atomic mass is 10.1. The number of aryl methyl sites for hydroxylation is 1. The van der Waals surface area contributed by atoms with E-state index in [0.717, 1.165) is 24.9 Å². The number of hydrogen-bond acceptors (Lipinski definition) is 3. The van der Waals surface area contributed by atoms with Crippen molar-refractivity contribution in [2.75, 3.05) is 11.4 Å². The minimum Gasteiger partial charge on any atom is -0.461 e. The molecule has 27 heavy (non-hydrogen) atoms. The average molecular weight is 369 g/mol. The van der Waals surface area contributed by atoms with Gasteiger partial charge in [-0.05, 0) is 48.2 Å². The number of carbonyl (C=O) groups is 2.